The highest BCUT2D eigenvalue weighted by Crippen LogP contribution is 2.42. The van der Waals surface area contributed by atoms with Gasteiger partial charge >= 0.3 is 0 Å². The fourth-order valence-electron chi connectivity index (χ4n) is 1.99. The van der Waals surface area contributed by atoms with E-state index in [0.29, 0.717) is 6.54 Å². The summed E-state index contributed by atoms with van der Waals surface area (Å²) in [6, 6.07) is 5.37. The van der Waals surface area contributed by atoms with Gasteiger partial charge in [0.1, 0.15) is 5.75 Å². The molecule has 0 saturated carbocycles. The van der Waals surface area contributed by atoms with Crippen LogP contribution in [0.4, 0.5) is 5.69 Å². The van der Waals surface area contributed by atoms with Gasteiger partial charge in [-0.1, -0.05) is 6.07 Å². The Morgan fingerprint density at radius 1 is 1.43 bits per heavy atom. The van der Waals surface area contributed by atoms with Crippen LogP contribution in [0.3, 0.4) is 0 Å². The lowest BCUT2D eigenvalue weighted by Gasteiger charge is -2.25. The molecule has 1 heterocycles. The molecule has 0 radical (unpaired) electrons. The number of aliphatic hydroxyl groups is 1. The van der Waals surface area contributed by atoms with Crippen LogP contribution in [0, 0.1) is 0 Å². The van der Waals surface area contributed by atoms with Gasteiger partial charge in [-0.3, -0.25) is 0 Å². The molecule has 76 valence electrons. The van der Waals surface area contributed by atoms with E-state index in [-0.39, 0.29) is 11.7 Å². The van der Waals surface area contributed by atoms with Crippen LogP contribution in [0.25, 0.3) is 0 Å². The second-order valence-corrected chi connectivity index (χ2v) is 4.33. The lowest BCUT2D eigenvalue weighted by atomic mass is 9.86. The van der Waals surface area contributed by atoms with E-state index in [0.717, 1.165) is 11.3 Å². The van der Waals surface area contributed by atoms with Crippen LogP contribution in [-0.2, 0) is 0 Å². The lowest BCUT2D eigenvalue weighted by Crippen LogP contribution is -2.30. The maximum atomic E-state index is 9.94. The second kappa shape index (κ2) is 2.89. The number of rotatable bonds is 1. The predicted molar refractivity (Wildman–Crippen MR) is 55.6 cm³/mol. The van der Waals surface area contributed by atoms with E-state index in [1.807, 2.05) is 6.07 Å². The van der Waals surface area contributed by atoms with Crippen molar-refractivity contribution in [2.24, 2.45) is 0 Å². The molecule has 0 amide bonds. The van der Waals surface area contributed by atoms with E-state index in [9.17, 15) is 10.2 Å². The van der Waals surface area contributed by atoms with Crippen LogP contribution in [0.2, 0.25) is 0 Å². The van der Waals surface area contributed by atoms with Gasteiger partial charge in [0.25, 0.3) is 0 Å². The standard InChI is InChI=1S/C11H15NO2/c1-11(2,14)7-6-12-8-4-3-5-9(13)10(7)8/h3-5,7,12-14H,6H2,1-2H3. The van der Waals surface area contributed by atoms with E-state index in [1.165, 1.54) is 0 Å². The molecular weight excluding hydrogens is 178 g/mol. The third kappa shape index (κ3) is 1.34. The smallest absolute Gasteiger partial charge is 0.121 e. The zero-order valence-electron chi connectivity index (χ0n) is 8.41. The number of hydrogen-bond donors (Lipinski definition) is 3. The first-order valence-electron chi connectivity index (χ1n) is 4.78. The highest BCUT2D eigenvalue weighted by Gasteiger charge is 2.35. The molecule has 3 heteroatoms. The minimum absolute atomic E-state index is 0.0429. The molecule has 1 atom stereocenters. The maximum Gasteiger partial charge on any atom is 0.121 e. The molecule has 1 aliphatic heterocycles. The predicted octanol–water partition coefficient (Wildman–Crippen LogP) is 1.67. The molecule has 3 nitrogen and oxygen atoms in total. The summed E-state index contributed by atoms with van der Waals surface area (Å²) in [6.07, 6.45) is 0. The summed E-state index contributed by atoms with van der Waals surface area (Å²) in [5.74, 6) is 0.221. The van der Waals surface area contributed by atoms with Crippen molar-refractivity contribution in [2.75, 3.05) is 11.9 Å². The van der Waals surface area contributed by atoms with Crippen molar-refractivity contribution in [3.05, 3.63) is 23.8 Å². The van der Waals surface area contributed by atoms with Crippen molar-refractivity contribution in [1.29, 1.82) is 0 Å². The molecule has 1 unspecified atom stereocenters. The Morgan fingerprint density at radius 3 is 2.79 bits per heavy atom. The SMILES string of the molecule is CC(C)(O)C1CNc2cccc(O)c21. The summed E-state index contributed by atoms with van der Waals surface area (Å²) in [5, 5.41) is 22.8. The molecule has 1 aromatic carbocycles. The van der Waals surface area contributed by atoms with Crippen LogP contribution >= 0.6 is 0 Å². The molecule has 2 rings (SSSR count). The molecule has 0 bridgehead atoms. The number of nitrogens with one attached hydrogen (secondary N) is 1. The third-order valence-electron chi connectivity index (χ3n) is 2.78. The molecule has 0 aromatic heterocycles. The van der Waals surface area contributed by atoms with E-state index in [4.69, 9.17) is 0 Å². The van der Waals surface area contributed by atoms with Crippen LogP contribution in [0.1, 0.15) is 25.3 Å². The van der Waals surface area contributed by atoms with Gasteiger partial charge in [-0.05, 0) is 26.0 Å². The fraction of sp³-hybridized carbons (Fsp3) is 0.455. The van der Waals surface area contributed by atoms with Crippen molar-refractivity contribution in [3.8, 4) is 5.75 Å². The molecule has 0 aliphatic carbocycles. The molecule has 0 fully saturated rings. The van der Waals surface area contributed by atoms with Gasteiger partial charge in [0.05, 0.1) is 5.60 Å². The first kappa shape index (κ1) is 9.34. The lowest BCUT2D eigenvalue weighted by molar-refractivity contribution is 0.0554. The number of fused-ring (bicyclic) bond motifs is 1. The third-order valence-corrected chi connectivity index (χ3v) is 2.78. The highest BCUT2D eigenvalue weighted by molar-refractivity contribution is 5.63. The monoisotopic (exact) mass is 193 g/mol. The van der Waals surface area contributed by atoms with Crippen molar-refractivity contribution < 1.29 is 10.2 Å². The van der Waals surface area contributed by atoms with Crippen molar-refractivity contribution in [1.82, 2.24) is 0 Å². The van der Waals surface area contributed by atoms with Gasteiger partial charge in [-0.15, -0.1) is 0 Å². The highest BCUT2D eigenvalue weighted by atomic mass is 16.3. The Bertz CT molecular complexity index is 355. The molecule has 3 N–H and O–H groups in total. The molecule has 0 saturated heterocycles. The number of hydrogen-bond acceptors (Lipinski definition) is 3. The topological polar surface area (TPSA) is 52.5 Å². The molecule has 1 aromatic rings. The summed E-state index contributed by atoms with van der Waals surface area (Å²) in [7, 11) is 0. The largest absolute Gasteiger partial charge is 0.508 e. The maximum absolute atomic E-state index is 9.94. The van der Waals surface area contributed by atoms with Crippen LogP contribution in [0.5, 0.6) is 5.75 Å². The second-order valence-electron chi connectivity index (χ2n) is 4.33. The zero-order chi connectivity index (χ0) is 10.3. The van der Waals surface area contributed by atoms with Crippen LogP contribution in [0.15, 0.2) is 18.2 Å². The summed E-state index contributed by atoms with van der Waals surface area (Å²) < 4.78 is 0. The van der Waals surface area contributed by atoms with Gasteiger partial charge < -0.3 is 15.5 Å². The van der Waals surface area contributed by atoms with E-state index in [2.05, 4.69) is 5.32 Å². The first-order chi connectivity index (χ1) is 6.50. The zero-order valence-corrected chi connectivity index (χ0v) is 8.41. The normalized spacial score (nSPS) is 20.4. The van der Waals surface area contributed by atoms with Crippen LogP contribution in [-0.4, -0.2) is 22.4 Å². The van der Waals surface area contributed by atoms with E-state index >= 15 is 0 Å². The number of anilines is 1. The van der Waals surface area contributed by atoms with Crippen molar-refractivity contribution in [3.63, 3.8) is 0 Å². The van der Waals surface area contributed by atoms with Crippen LogP contribution < -0.4 is 5.32 Å². The quantitative estimate of drug-likeness (QED) is 0.636. The Hall–Kier alpha value is -1.22. The van der Waals surface area contributed by atoms with E-state index < -0.39 is 5.60 Å². The van der Waals surface area contributed by atoms with Gasteiger partial charge in [0.2, 0.25) is 0 Å². The van der Waals surface area contributed by atoms with Gasteiger partial charge in [0, 0.05) is 23.7 Å². The van der Waals surface area contributed by atoms with Gasteiger partial charge in [-0.25, -0.2) is 0 Å². The number of benzene rings is 1. The van der Waals surface area contributed by atoms with Crippen molar-refractivity contribution in [2.45, 2.75) is 25.4 Å². The minimum Gasteiger partial charge on any atom is -0.508 e. The average Bonchev–Trinajstić information content (AvgIpc) is 2.47. The minimum atomic E-state index is -0.808. The summed E-state index contributed by atoms with van der Waals surface area (Å²) in [6.45, 7) is 4.21. The van der Waals surface area contributed by atoms with Gasteiger partial charge in [0.15, 0.2) is 0 Å². The van der Waals surface area contributed by atoms with E-state index in [1.54, 1.807) is 26.0 Å². The molecular formula is C11H15NO2. The Kier molecular flexibility index (Phi) is 1.93. The first-order valence-corrected chi connectivity index (χ1v) is 4.78. The molecule has 0 spiro atoms. The number of aromatic hydroxyl groups is 1. The molecule has 1 aliphatic rings. The number of phenols is 1. The fourth-order valence-corrected chi connectivity index (χ4v) is 1.99. The molecule has 14 heavy (non-hydrogen) atoms. The summed E-state index contributed by atoms with van der Waals surface area (Å²) in [4.78, 5) is 0. The van der Waals surface area contributed by atoms with Gasteiger partial charge in [-0.2, -0.15) is 0 Å². The average molecular weight is 193 g/mol. The summed E-state index contributed by atoms with van der Waals surface area (Å²) in [5.41, 5.74) is 0.953. The number of phenolic OH excluding ortho intramolecular Hbond substituents is 1. The van der Waals surface area contributed by atoms with Crippen molar-refractivity contribution >= 4 is 5.69 Å². The Balaban J connectivity index is 2.48. The Morgan fingerprint density at radius 2 is 2.14 bits per heavy atom. The summed E-state index contributed by atoms with van der Waals surface area (Å²) >= 11 is 0. The Labute approximate surface area is 83.4 Å².